The lowest BCUT2D eigenvalue weighted by Crippen LogP contribution is -2.17. The van der Waals surface area contributed by atoms with Crippen LogP contribution in [-0.2, 0) is 22.3 Å². The Kier molecular flexibility index (Phi) is 5.73. The molecule has 3 rings (SSSR count). The summed E-state index contributed by atoms with van der Waals surface area (Å²) in [5, 5.41) is 0. The zero-order chi connectivity index (χ0) is 20.3. The van der Waals surface area contributed by atoms with Gasteiger partial charge in [0, 0.05) is 17.2 Å². The molecule has 0 aliphatic heterocycles. The Hall–Kier alpha value is -2.81. The molecule has 0 amide bonds. The summed E-state index contributed by atoms with van der Waals surface area (Å²) >= 11 is 0.940. The highest BCUT2D eigenvalue weighted by atomic mass is 32.2. The van der Waals surface area contributed by atoms with Crippen molar-refractivity contribution in [3.63, 3.8) is 0 Å². The first kappa shape index (κ1) is 19.9. The Labute approximate surface area is 162 Å². The lowest BCUT2D eigenvalue weighted by atomic mass is 10.2. The van der Waals surface area contributed by atoms with Crippen molar-refractivity contribution in [2.75, 3.05) is 5.75 Å². The highest BCUT2D eigenvalue weighted by Crippen LogP contribution is 2.31. The van der Waals surface area contributed by atoms with Crippen LogP contribution in [0, 0.1) is 6.92 Å². The van der Waals surface area contributed by atoms with Crippen LogP contribution in [0.5, 0.6) is 0 Å². The molecule has 0 bridgehead atoms. The van der Waals surface area contributed by atoms with Gasteiger partial charge in [-0.05, 0) is 36.8 Å². The SMILES string of the molecule is Cc1ccc2nc(COC(=O)CSc3cccc(C(F)(F)F)c3)cc(=O)n2c1. The highest BCUT2D eigenvalue weighted by molar-refractivity contribution is 8.00. The van der Waals surface area contributed by atoms with Crippen molar-refractivity contribution in [3.8, 4) is 0 Å². The number of aryl methyl sites for hydroxylation is 1. The molecule has 2 aromatic heterocycles. The molecule has 5 nitrogen and oxygen atoms in total. The van der Waals surface area contributed by atoms with Crippen LogP contribution in [0.3, 0.4) is 0 Å². The number of fused-ring (bicyclic) bond motifs is 1. The second-order valence-corrected chi connectivity index (χ2v) is 7.04. The number of benzene rings is 1. The molecule has 3 aromatic rings. The van der Waals surface area contributed by atoms with Crippen LogP contribution in [0.25, 0.3) is 5.65 Å². The number of aromatic nitrogens is 2. The third-order valence-electron chi connectivity index (χ3n) is 3.76. The molecule has 0 N–H and O–H groups in total. The minimum atomic E-state index is -4.44. The van der Waals surface area contributed by atoms with E-state index in [-0.39, 0.29) is 17.9 Å². The van der Waals surface area contributed by atoms with Crippen LogP contribution in [0.1, 0.15) is 16.8 Å². The lowest BCUT2D eigenvalue weighted by Gasteiger charge is -2.09. The molecule has 0 atom stereocenters. The Bertz CT molecular complexity index is 1080. The molecule has 2 heterocycles. The number of carbonyl (C=O) groups excluding carboxylic acids is 1. The summed E-state index contributed by atoms with van der Waals surface area (Å²) in [6, 6.07) is 9.49. The van der Waals surface area contributed by atoms with Gasteiger partial charge in [0.2, 0.25) is 0 Å². The van der Waals surface area contributed by atoms with Crippen molar-refractivity contribution < 1.29 is 22.7 Å². The van der Waals surface area contributed by atoms with E-state index in [1.54, 1.807) is 12.3 Å². The minimum Gasteiger partial charge on any atom is -0.459 e. The van der Waals surface area contributed by atoms with Gasteiger partial charge in [-0.3, -0.25) is 14.0 Å². The number of ether oxygens (including phenoxy) is 1. The van der Waals surface area contributed by atoms with Crippen LogP contribution in [0.4, 0.5) is 13.2 Å². The first-order valence-electron chi connectivity index (χ1n) is 8.17. The molecule has 146 valence electrons. The summed E-state index contributed by atoms with van der Waals surface area (Å²) in [7, 11) is 0. The van der Waals surface area contributed by atoms with Crippen molar-refractivity contribution in [1.29, 1.82) is 0 Å². The minimum absolute atomic E-state index is 0.160. The van der Waals surface area contributed by atoms with Gasteiger partial charge in [-0.1, -0.05) is 12.1 Å². The maximum atomic E-state index is 12.7. The molecular weight excluding hydrogens is 393 g/mol. The van der Waals surface area contributed by atoms with Gasteiger partial charge in [0.25, 0.3) is 5.56 Å². The second kappa shape index (κ2) is 8.05. The van der Waals surface area contributed by atoms with Gasteiger partial charge in [-0.15, -0.1) is 11.8 Å². The van der Waals surface area contributed by atoms with Crippen molar-refractivity contribution in [1.82, 2.24) is 9.38 Å². The molecule has 0 saturated carbocycles. The molecule has 1 aromatic carbocycles. The molecule has 0 fully saturated rings. The molecule has 0 aliphatic rings. The molecule has 0 radical (unpaired) electrons. The molecule has 9 heteroatoms. The number of hydrogen-bond acceptors (Lipinski definition) is 5. The van der Waals surface area contributed by atoms with Gasteiger partial charge in [0.15, 0.2) is 0 Å². The van der Waals surface area contributed by atoms with Gasteiger partial charge in [-0.2, -0.15) is 13.2 Å². The maximum Gasteiger partial charge on any atom is 0.416 e. The summed E-state index contributed by atoms with van der Waals surface area (Å²) in [6.07, 6.45) is -2.78. The molecule has 0 saturated heterocycles. The van der Waals surface area contributed by atoms with Gasteiger partial charge in [0.1, 0.15) is 12.3 Å². The van der Waals surface area contributed by atoms with Crippen LogP contribution in [0.15, 0.2) is 58.4 Å². The summed E-state index contributed by atoms with van der Waals surface area (Å²) in [5.74, 6) is -0.777. The average molecular weight is 408 g/mol. The Balaban J connectivity index is 1.60. The van der Waals surface area contributed by atoms with E-state index in [2.05, 4.69) is 4.98 Å². The monoisotopic (exact) mass is 408 g/mol. The highest BCUT2D eigenvalue weighted by Gasteiger charge is 2.30. The van der Waals surface area contributed by atoms with E-state index in [4.69, 9.17) is 4.74 Å². The molecule has 0 aliphatic carbocycles. The summed E-state index contributed by atoms with van der Waals surface area (Å²) in [5.41, 5.74) is 0.566. The fourth-order valence-electron chi connectivity index (χ4n) is 2.43. The van der Waals surface area contributed by atoms with Crippen molar-refractivity contribution in [3.05, 3.63) is 75.8 Å². The smallest absolute Gasteiger partial charge is 0.416 e. The van der Waals surface area contributed by atoms with Crippen LogP contribution in [0.2, 0.25) is 0 Å². The lowest BCUT2D eigenvalue weighted by molar-refractivity contribution is -0.141. The third-order valence-corrected chi connectivity index (χ3v) is 4.73. The predicted molar refractivity (Wildman–Crippen MR) is 98.2 cm³/mol. The Morgan fingerprint density at radius 2 is 2.00 bits per heavy atom. The van der Waals surface area contributed by atoms with Gasteiger partial charge >= 0.3 is 12.1 Å². The number of pyridine rings is 1. The quantitative estimate of drug-likeness (QED) is 0.474. The predicted octanol–water partition coefficient (Wildman–Crippen LogP) is 3.86. The van der Waals surface area contributed by atoms with Gasteiger partial charge < -0.3 is 4.74 Å². The fourth-order valence-corrected chi connectivity index (χ4v) is 3.19. The van der Waals surface area contributed by atoms with E-state index in [1.165, 1.54) is 22.6 Å². The van der Waals surface area contributed by atoms with E-state index >= 15 is 0 Å². The number of halogens is 3. The number of carbonyl (C=O) groups is 1. The number of rotatable bonds is 5. The van der Waals surface area contributed by atoms with Crippen LogP contribution in [-0.4, -0.2) is 21.1 Å². The number of esters is 1. The number of nitrogens with zero attached hydrogens (tertiary/aromatic N) is 2. The Morgan fingerprint density at radius 1 is 1.21 bits per heavy atom. The maximum absolute atomic E-state index is 12.7. The molecule has 28 heavy (non-hydrogen) atoms. The largest absolute Gasteiger partial charge is 0.459 e. The molecule has 0 unspecified atom stereocenters. The zero-order valence-corrected chi connectivity index (χ0v) is 15.5. The fraction of sp³-hybridized carbons (Fsp3) is 0.211. The first-order chi connectivity index (χ1) is 13.2. The molecular formula is C19H15F3N2O3S. The molecule has 0 spiro atoms. The van der Waals surface area contributed by atoms with Crippen molar-refractivity contribution >= 4 is 23.4 Å². The van der Waals surface area contributed by atoms with E-state index in [0.717, 1.165) is 29.5 Å². The number of hydrogen-bond donors (Lipinski definition) is 0. The summed E-state index contributed by atoms with van der Waals surface area (Å²) < 4.78 is 44.6. The second-order valence-electron chi connectivity index (χ2n) is 6.00. The normalized spacial score (nSPS) is 11.6. The van der Waals surface area contributed by atoms with Crippen LogP contribution >= 0.6 is 11.8 Å². The van der Waals surface area contributed by atoms with E-state index < -0.39 is 17.7 Å². The number of thioether (sulfide) groups is 1. The topological polar surface area (TPSA) is 60.7 Å². The van der Waals surface area contributed by atoms with Crippen molar-refractivity contribution in [2.45, 2.75) is 24.6 Å². The third kappa shape index (κ3) is 4.92. The average Bonchev–Trinajstić information content (AvgIpc) is 2.65. The standard InChI is InChI=1S/C19H15F3N2O3S/c1-12-5-6-16-23-14(8-17(25)24(16)9-12)10-27-18(26)11-28-15-4-2-3-13(7-15)19(20,21)22/h2-9H,10-11H2,1H3. The van der Waals surface area contributed by atoms with Crippen LogP contribution < -0.4 is 5.56 Å². The first-order valence-corrected chi connectivity index (χ1v) is 9.15. The summed E-state index contributed by atoms with van der Waals surface area (Å²) in [6.45, 7) is 1.66. The van der Waals surface area contributed by atoms with E-state index in [9.17, 15) is 22.8 Å². The zero-order valence-electron chi connectivity index (χ0n) is 14.7. The van der Waals surface area contributed by atoms with E-state index in [1.807, 2.05) is 13.0 Å². The van der Waals surface area contributed by atoms with E-state index in [0.29, 0.717) is 16.2 Å². The van der Waals surface area contributed by atoms with Gasteiger partial charge in [-0.25, -0.2) is 4.98 Å². The summed E-state index contributed by atoms with van der Waals surface area (Å²) in [4.78, 5) is 28.6. The number of alkyl halides is 3. The Morgan fingerprint density at radius 3 is 2.75 bits per heavy atom. The van der Waals surface area contributed by atoms with Gasteiger partial charge in [0.05, 0.1) is 17.0 Å². The van der Waals surface area contributed by atoms with Crippen molar-refractivity contribution in [2.24, 2.45) is 0 Å².